The Morgan fingerprint density at radius 3 is 2.53 bits per heavy atom. The molecule has 0 amide bonds. The lowest BCUT2D eigenvalue weighted by Gasteiger charge is -2.19. The molecule has 0 N–H and O–H groups in total. The van der Waals surface area contributed by atoms with Gasteiger partial charge in [0.15, 0.2) is 9.84 Å². The van der Waals surface area contributed by atoms with Crippen LogP contribution in [-0.4, -0.2) is 51.7 Å². The van der Waals surface area contributed by atoms with Crippen molar-refractivity contribution in [2.75, 3.05) is 20.0 Å². The summed E-state index contributed by atoms with van der Waals surface area (Å²) in [7, 11) is -0.264. The highest BCUT2D eigenvalue weighted by molar-refractivity contribution is 7.90. The summed E-state index contributed by atoms with van der Waals surface area (Å²) >= 11 is 0. The van der Waals surface area contributed by atoms with Crippen molar-refractivity contribution in [3.05, 3.63) is 71.9 Å². The maximum Gasteiger partial charge on any atom is 0.156 e. The molecule has 158 valence electrons. The first-order valence-electron chi connectivity index (χ1n) is 9.64. The zero-order valence-corrected chi connectivity index (χ0v) is 18.2. The number of para-hydroxylation sites is 1. The lowest BCUT2D eigenvalue weighted by atomic mass is 10.2. The molecule has 3 aromatic rings. The minimum atomic E-state index is -3.43. The first-order chi connectivity index (χ1) is 14.4. The lowest BCUT2D eigenvalue weighted by molar-refractivity contribution is 0.102. The average molecular weight is 427 g/mol. The van der Waals surface area contributed by atoms with Gasteiger partial charge in [0.05, 0.1) is 36.3 Å². The number of benzene rings is 2. The van der Waals surface area contributed by atoms with Crippen molar-refractivity contribution >= 4 is 27.0 Å². The highest BCUT2D eigenvalue weighted by Crippen LogP contribution is 2.17. The van der Waals surface area contributed by atoms with Gasteiger partial charge in [-0.3, -0.25) is 9.98 Å². The largest absolute Gasteiger partial charge is 0.497 e. The van der Waals surface area contributed by atoms with E-state index in [1.807, 2.05) is 61.5 Å². The molecule has 0 saturated heterocycles. The first-order valence-corrected chi connectivity index (χ1v) is 11.5. The molecular formula is C23H26N2O4S. The number of methoxy groups -OCH3 is 2. The molecule has 6 nitrogen and oxygen atoms in total. The second-order valence-electron chi connectivity index (χ2n) is 7.15. The van der Waals surface area contributed by atoms with Crippen molar-refractivity contribution in [1.29, 1.82) is 0 Å². The summed E-state index contributed by atoms with van der Waals surface area (Å²) in [5, 5.41) is 0.921. The Bertz CT molecular complexity index is 1110. The molecule has 0 saturated carbocycles. The molecule has 2 aromatic carbocycles. The third-order valence-electron chi connectivity index (χ3n) is 4.90. The van der Waals surface area contributed by atoms with Crippen molar-refractivity contribution in [1.82, 2.24) is 4.98 Å². The minimum Gasteiger partial charge on any atom is -0.497 e. The van der Waals surface area contributed by atoms with Crippen molar-refractivity contribution in [3.63, 3.8) is 0 Å². The summed E-state index contributed by atoms with van der Waals surface area (Å²) in [6, 6.07) is 16.4. The Balaban J connectivity index is 1.75. The molecule has 0 radical (unpaired) electrons. The van der Waals surface area contributed by atoms with Gasteiger partial charge in [0, 0.05) is 24.9 Å². The molecule has 0 spiro atoms. The van der Waals surface area contributed by atoms with Crippen LogP contribution in [0.1, 0.15) is 18.1 Å². The second-order valence-corrected chi connectivity index (χ2v) is 9.26. The van der Waals surface area contributed by atoms with Gasteiger partial charge in [0.1, 0.15) is 5.75 Å². The predicted octanol–water partition coefficient (Wildman–Crippen LogP) is 3.68. The number of ether oxygens (including phenoxy) is 2. The van der Waals surface area contributed by atoms with E-state index >= 15 is 0 Å². The highest BCUT2D eigenvalue weighted by atomic mass is 32.2. The Hall–Kier alpha value is -2.77. The molecule has 2 atom stereocenters. The van der Waals surface area contributed by atoms with Gasteiger partial charge in [0.2, 0.25) is 0 Å². The van der Waals surface area contributed by atoms with E-state index in [-0.39, 0.29) is 17.6 Å². The van der Waals surface area contributed by atoms with Gasteiger partial charge in [-0.25, -0.2) is 8.42 Å². The Morgan fingerprint density at radius 2 is 1.83 bits per heavy atom. The lowest BCUT2D eigenvalue weighted by Crippen LogP contribution is -2.31. The molecule has 30 heavy (non-hydrogen) atoms. The van der Waals surface area contributed by atoms with Crippen LogP contribution in [0.2, 0.25) is 0 Å². The number of sulfone groups is 1. The molecule has 7 heteroatoms. The number of rotatable bonds is 9. The van der Waals surface area contributed by atoms with Crippen LogP contribution >= 0.6 is 0 Å². The van der Waals surface area contributed by atoms with E-state index < -0.39 is 15.9 Å². The summed E-state index contributed by atoms with van der Waals surface area (Å²) in [6.07, 6.45) is 2.95. The number of hydrogen-bond acceptors (Lipinski definition) is 6. The molecule has 3 rings (SSSR count). The van der Waals surface area contributed by atoms with Crippen LogP contribution in [0.3, 0.4) is 0 Å². The summed E-state index contributed by atoms with van der Waals surface area (Å²) < 4.78 is 36.3. The van der Waals surface area contributed by atoms with Crippen molar-refractivity contribution in [2.24, 2.45) is 4.99 Å². The fraction of sp³-hybridized carbons (Fsp3) is 0.304. The summed E-state index contributed by atoms with van der Waals surface area (Å²) in [5.41, 5.74) is 2.37. The van der Waals surface area contributed by atoms with Gasteiger partial charge >= 0.3 is 0 Å². The van der Waals surface area contributed by atoms with Crippen LogP contribution in [-0.2, 0) is 20.3 Å². The van der Waals surface area contributed by atoms with E-state index in [1.165, 1.54) is 0 Å². The summed E-state index contributed by atoms with van der Waals surface area (Å²) in [6.45, 7) is 1.82. The quantitative estimate of drug-likeness (QED) is 0.488. The van der Waals surface area contributed by atoms with E-state index in [1.54, 1.807) is 26.6 Å². The van der Waals surface area contributed by atoms with Gasteiger partial charge in [0.25, 0.3) is 0 Å². The predicted molar refractivity (Wildman–Crippen MR) is 120 cm³/mol. The maximum atomic E-state index is 12.9. The molecule has 0 bridgehead atoms. The number of hydrogen-bond donors (Lipinski definition) is 0. The standard InChI is InChI=1S/C23H26N2O4S/c1-17(28-2)23(25-13-18-8-10-21(29-3)11-9-18)16-30(26,27)15-19-12-20-6-4-5-7-22(20)24-14-19/h4-14,17,23H,15-16H2,1-3H3/t17-,23-/m1/s1. The van der Waals surface area contributed by atoms with Crippen molar-refractivity contribution < 1.29 is 17.9 Å². The normalized spacial score (nSPS) is 14.1. The third-order valence-corrected chi connectivity index (χ3v) is 6.53. The number of nitrogens with zero attached hydrogens (tertiary/aromatic N) is 2. The van der Waals surface area contributed by atoms with Crippen LogP contribution in [0.25, 0.3) is 10.9 Å². The monoisotopic (exact) mass is 426 g/mol. The zero-order chi connectivity index (χ0) is 21.6. The van der Waals surface area contributed by atoms with Crippen LogP contribution in [0, 0.1) is 0 Å². The maximum absolute atomic E-state index is 12.9. The Morgan fingerprint density at radius 1 is 1.10 bits per heavy atom. The molecule has 0 fully saturated rings. The molecular weight excluding hydrogens is 400 g/mol. The van der Waals surface area contributed by atoms with Gasteiger partial charge in [-0.05, 0) is 54.4 Å². The van der Waals surface area contributed by atoms with Gasteiger partial charge in [-0.15, -0.1) is 0 Å². The van der Waals surface area contributed by atoms with E-state index in [4.69, 9.17) is 9.47 Å². The number of aliphatic imine (C=N–C) groups is 1. The molecule has 0 aliphatic heterocycles. The number of fused-ring (bicyclic) bond motifs is 1. The number of aromatic nitrogens is 1. The van der Waals surface area contributed by atoms with Crippen molar-refractivity contribution in [2.45, 2.75) is 24.8 Å². The molecule has 0 aliphatic carbocycles. The minimum absolute atomic E-state index is 0.0875. The molecule has 1 heterocycles. The molecule has 0 aliphatic rings. The average Bonchev–Trinajstić information content (AvgIpc) is 2.76. The summed E-state index contributed by atoms with van der Waals surface area (Å²) in [4.78, 5) is 8.87. The Kier molecular flexibility index (Phi) is 7.18. The van der Waals surface area contributed by atoms with Gasteiger partial charge < -0.3 is 9.47 Å². The Labute approximate surface area is 177 Å². The number of pyridine rings is 1. The topological polar surface area (TPSA) is 77.9 Å². The van der Waals surface area contributed by atoms with E-state index in [0.29, 0.717) is 5.56 Å². The smallest absolute Gasteiger partial charge is 0.156 e. The molecule has 1 aromatic heterocycles. The molecule has 0 unspecified atom stereocenters. The van der Waals surface area contributed by atoms with Gasteiger partial charge in [-0.1, -0.05) is 18.2 Å². The second kappa shape index (κ2) is 9.82. The van der Waals surface area contributed by atoms with Crippen LogP contribution in [0.5, 0.6) is 5.75 Å². The first kappa shape index (κ1) is 21.9. The van der Waals surface area contributed by atoms with Crippen molar-refractivity contribution in [3.8, 4) is 5.75 Å². The zero-order valence-electron chi connectivity index (χ0n) is 17.4. The highest BCUT2D eigenvalue weighted by Gasteiger charge is 2.24. The summed E-state index contributed by atoms with van der Waals surface area (Å²) in [5.74, 6) is 0.553. The van der Waals surface area contributed by atoms with E-state index in [2.05, 4.69) is 9.98 Å². The van der Waals surface area contributed by atoms with Crippen LogP contribution in [0.4, 0.5) is 0 Å². The fourth-order valence-corrected chi connectivity index (χ4v) is 4.76. The van der Waals surface area contributed by atoms with Crippen LogP contribution < -0.4 is 4.74 Å². The fourth-order valence-electron chi connectivity index (χ4n) is 3.10. The van der Waals surface area contributed by atoms with Gasteiger partial charge in [-0.2, -0.15) is 0 Å². The SMILES string of the molecule is COc1ccc(C=N[C@H](CS(=O)(=O)Cc2cnc3ccccc3c2)[C@@H](C)OC)cc1. The van der Waals surface area contributed by atoms with Crippen LogP contribution in [0.15, 0.2) is 65.8 Å². The third kappa shape index (κ3) is 5.87. The van der Waals surface area contributed by atoms with E-state index in [0.717, 1.165) is 22.2 Å². The van der Waals surface area contributed by atoms with E-state index in [9.17, 15) is 8.42 Å².